The molecule has 0 aliphatic carbocycles. The predicted octanol–water partition coefficient (Wildman–Crippen LogP) is 3.70. The molecule has 0 atom stereocenters. The van der Waals surface area contributed by atoms with Crippen molar-refractivity contribution in [1.82, 2.24) is 0 Å². The Hall–Kier alpha value is -2.12. The van der Waals surface area contributed by atoms with Gasteiger partial charge in [0, 0.05) is 23.0 Å². The van der Waals surface area contributed by atoms with E-state index < -0.39 is 14.8 Å². The van der Waals surface area contributed by atoms with Gasteiger partial charge in [-0.1, -0.05) is 11.6 Å². The maximum Gasteiger partial charge on any atom is 0.293 e. The third-order valence-corrected chi connectivity index (χ3v) is 4.40. The van der Waals surface area contributed by atoms with E-state index in [1.54, 1.807) is 18.2 Å². The average molecular weight is 341 g/mol. The molecule has 0 radical (unpaired) electrons. The Balaban J connectivity index is 2.49. The molecule has 2 aromatic rings. The van der Waals surface area contributed by atoms with E-state index in [-0.39, 0.29) is 16.3 Å². The Morgan fingerprint density at radius 1 is 1.14 bits per heavy atom. The summed E-state index contributed by atoms with van der Waals surface area (Å²) in [6.45, 7) is 1.81. The van der Waals surface area contributed by atoms with Gasteiger partial charge < -0.3 is 5.32 Å². The molecule has 22 heavy (non-hydrogen) atoms. The molecule has 0 heterocycles. The third-order valence-electron chi connectivity index (χ3n) is 3.05. The van der Waals surface area contributed by atoms with Gasteiger partial charge in [0.25, 0.3) is 5.69 Å². The first-order chi connectivity index (χ1) is 10.2. The normalized spacial score (nSPS) is 11.2. The minimum absolute atomic E-state index is 0.0995. The van der Waals surface area contributed by atoms with E-state index in [0.29, 0.717) is 10.7 Å². The van der Waals surface area contributed by atoms with E-state index in [1.165, 1.54) is 12.1 Å². The highest BCUT2D eigenvalue weighted by Crippen LogP contribution is 2.31. The zero-order valence-corrected chi connectivity index (χ0v) is 13.4. The van der Waals surface area contributed by atoms with Crippen molar-refractivity contribution in [1.29, 1.82) is 0 Å². The summed E-state index contributed by atoms with van der Waals surface area (Å²) in [7, 11) is -3.51. The Bertz CT molecular complexity index is 850. The summed E-state index contributed by atoms with van der Waals surface area (Å²) in [5.41, 5.74) is 1.37. The van der Waals surface area contributed by atoms with Gasteiger partial charge in [-0.15, -0.1) is 0 Å². The molecule has 2 aromatic carbocycles. The third kappa shape index (κ3) is 3.55. The number of aryl methyl sites for hydroxylation is 1. The Morgan fingerprint density at radius 2 is 1.77 bits per heavy atom. The fraction of sp³-hybridized carbons (Fsp3) is 0.143. The molecule has 0 amide bonds. The van der Waals surface area contributed by atoms with Crippen LogP contribution in [0.5, 0.6) is 0 Å². The number of sulfone groups is 1. The second kappa shape index (κ2) is 5.94. The van der Waals surface area contributed by atoms with E-state index in [1.807, 2.05) is 6.92 Å². The van der Waals surface area contributed by atoms with Gasteiger partial charge in [0.05, 0.1) is 9.82 Å². The van der Waals surface area contributed by atoms with Gasteiger partial charge >= 0.3 is 0 Å². The maximum atomic E-state index is 11.5. The van der Waals surface area contributed by atoms with Crippen LogP contribution in [0.1, 0.15) is 5.56 Å². The predicted molar refractivity (Wildman–Crippen MR) is 85.7 cm³/mol. The van der Waals surface area contributed by atoms with E-state index in [4.69, 9.17) is 11.6 Å². The van der Waals surface area contributed by atoms with Crippen LogP contribution in [0, 0.1) is 17.0 Å². The molecule has 0 bridgehead atoms. The molecule has 2 rings (SSSR count). The Morgan fingerprint density at radius 3 is 2.32 bits per heavy atom. The van der Waals surface area contributed by atoms with Gasteiger partial charge in [0.2, 0.25) is 0 Å². The van der Waals surface area contributed by atoms with E-state index in [2.05, 4.69) is 5.32 Å². The van der Waals surface area contributed by atoms with Gasteiger partial charge in [-0.3, -0.25) is 10.1 Å². The summed E-state index contributed by atoms with van der Waals surface area (Å²) in [4.78, 5) is 10.5. The molecule has 0 aromatic heterocycles. The average Bonchev–Trinajstić information content (AvgIpc) is 2.40. The van der Waals surface area contributed by atoms with Crippen molar-refractivity contribution >= 4 is 38.5 Å². The van der Waals surface area contributed by atoms with Crippen molar-refractivity contribution in [2.75, 3.05) is 11.6 Å². The number of hydrogen-bond donors (Lipinski definition) is 1. The van der Waals surface area contributed by atoms with Crippen LogP contribution in [0.4, 0.5) is 17.1 Å². The van der Waals surface area contributed by atoms with Crippen LogP contribution in [-0.2, 0) is 9.84 Å². The highest BCUT2D eigenvalue weighted by atomic mass is 35.5. The van der Waals surface area contributed by atoms with Crippen LogP contribution in [-0.4, -0.2) is 19.6 Å². The molecule has 0 aliphatic rings. The second-order valence-electron chi connectivity index (χ2n) is 4.79. The maximum absolute atomic E-state index is 11.5. The minimum atomic E-state index is -3.51. The monoisotopic (exact) mass is 340 g/mol. The first-order valence-corrected chi connectivity index (χ1v) is 8.47. The molecule has 0 fully saturated rings. The molecule has 1 N–H and O–H groups in total. The molecule has 0 saturated carbocycles. The molecule has 0 aliphatic heterocycles. The van der Waals surface area contributed by atoms with Crippen LogP contribution in [0.15, 0.2) is 41.3 Å². The van der Waals surface area contributed by atoms with E-state index in [9.17, 15) is 18.5 Å². The molecule has 0 spiro atoms. The second-order valence-corrected chi connectivity index (χ2v) is 7.24. The molecule has 6 nitrogen and oxygen atoms in total. The highest BCUT2D eigenvalue weighted by molar-refractivity contribution is 7.90. The smallest absolute Gasteiger partial charge is 0.293 e. The number of nitrogens with zero attached hydrogens (tertiary/aromatic N) is 1. The van der Waals surface area contributed by atoms with E-state index >= 15 is 0 Å². The van der Waals surface area contributed by atoms with Gasteiger partial charge in [-0.25, -0.2) is 8.42 Å². The van der Waals surface area contributed by atoms with Gasteiger partial charge in [0.15, 0.2) is 9.84 Å². The number of nitro groups is 1. The number of rotatable bonds is 4. The molecule has 0 saturated heterocycles. The fourth-order valence-corrected chi connectivity index (χ4v) is 2.78. The molecular formula is C14H13ClN2O4S. The van der Waals surface area contributed by atoms with Crippen molar-refractivity contribution in [2.24, 2.45) is 0 Å². The topological polar surface area (TPSA) is 89.3 Å². The lowest BCUT2D eigenvalue weighted by molar-refractivity contribution is -0.384. The first kappa shape index (κ1) is 16.3. The lowest BCUT2D eigenvalue weighted by Crippen LogP contribution is -2.02. The number of nitro benzene ring substituents is 1. The van der Waals surface area contributed by atoms with E-state index in [0.717, 1.165) is 17.9 Å². The standard InChI is InChI=1S/C14H13ClN2O4S/c1-9-7-10(15)3-5-12(9)16-13-6-4-11(22(2,20)21)8-14(13)17(18)19/h3-8,16H,1-2H3. The largest absolute Gasteiger partial charge is 0.350 e. The number of nitrogens with one attached hydrogen (secondary N) is 1. The summed E-state index contributed by atoms with van der Waals surface area (Å²) in [6.07, 6.45) is 1.00. The Kier molecular flexibility index (Phi) is 4.39. The van der Waals surface area contributed by atoms with Gasteiger partial charge in [-0.2, -0.15) is 0 Å². The van der Waals surface area contributed by atoms with Gasteiger partial charge in [-0.05, 0) is 42.8 Å². The van der Waals surface area contributed by atoms with Crippen molar-refractivity contribution < 1.29 is 13.3 Å². The summed E-state index contributed by atoms with van der Waals surface area (Å²) >= 11 is 5.87. The zero-order chi connectivity index (χ0) is 16.5. The number of halogens is 1. The molecular weight excluding hydrogens is 328 g/mol. The Labute approximate surface area is 132 Å². The van der Waals surface area contributed by atoms with Crippen LogP contribution < -0.4 is 5.32 Å². The van der Waals surface area contributed by atoms with Crippen LogP contribution in [0.25, 0.3) is 0 Å². The highest BCUT2D eigenvalue weighted by Gasteiger charge is 2.19. The number of hydrogen-bond acceptors (Lipinski definition) is 5. The fourth-order valence-electron chi connectivity index (χ4n) is 1.91. The lowest BCUT2D eigenvalue weighted by atomic mass is 10.2. The molecule has 0 unspecified atom stereocenters. The number of anilines is 2. The van der Waals surface area contributed by atoms with Crippen molar-refractivity contribution in [2.45, 2.75) is 11.8 Å². The van der Waals surface area contributed by atoms with Crippen molar-refractivity contribution in [3.8, 4) is 0 Å². The van der Waals surface area contributed by atoms with Crippen LogP contribution in [0.2, 0.25) is 5.02 Å². The number of benzene rings is 2. The molecule has 8 heteroatoms. The van der Waals surface area contributed by atoms with Crippen molar-refractivity contribution in [3.05, 3.63) is 57.1 Å². The summed E-state index contributed by atoms with van der Waals surface area (Å²) < 4.78 is 23.0. The molecule has 116 valence electrons. The summed E-state index contributed by atoms with van der Waals surface area (Å²) in [5.74, 6) is 0. The zero-order valence-electron chi connectivity index (χ0n) is 11.8. The minimum Gasteiger partial charge on any atom is -0.350 e. The van der Waals surface area contributed by atoms with Crippen molar-refractivity contribution in [3.63, 3.8) is 0 Å². The summed E-state index contributed by atoms with van der Waals surface area (Å²) in [5, 5.41) is 14.7. The quantitative estimate of drug-likeness (QED) is 0.677. The lowest BCUT2D eigenvalue weighted by Gasteiger charge is -2.11. The van der Waals surface area contributed by atoms with Gasteiger partial charge in [0.1, 0.15) is 5.69 Å². The SMILES string of the molecule is Cc1cc(Cl)ccc1Nc1ccc(S(C)(=O)=O)cc1[N+](=O)[O-]. The van der Waals surface area contributed by atoms with Crippen LogP contribution >= 0.6 is 11.6 Å². The van der Waals surface area contributed by atoms with Crippen LogP contribution in [0.3, 0.4) is 0 Å². The summed E-state index contributed by atoms with van der Waals surface area (Å²) in [6, 6.07) is 8.83. The first-order valence-electron chi connectivity index (χ1n) is 6.20.